The highest BCUT2D eigenvalue weighted by atomic mass is 32.2. The number of nitrogens with zero attached hydrogens (tertiary/aromatic N) is 3. The maximum absolute atomic E-state index is 12.6. The fourth-order valence-corrected chi connectivity index (χ4v) is 4.16. The van der Waals surface area contributed by atoms with E-state index in [2.05, 4.69) is 11.9 Å². The van der Waals surface area contributed by atoms with Gasteiger partial charge in [0.2, 0.25) is 11.8 Å². The first-order chi connectivity index (χ1) is 11.6. The van der Waals surface area contributed by atoms with Crippen molar-refractivity contribution in [2.24, 2.45) is 0 Å². The van der Waals surface area contributed by atoms with Crippen LogP contribution >= 0.6 is 11.8 Å². The van der Waals surface area contributed by atoms with Gasteiger partial charge in [-0.05, 0) is 24.7 Å². The lowest BCUT2D eigenvalue weighted by molar-refractivity contribution is -0.140. The molecule has 0 radical (unpaired) electrons. The van der Waals surface area contributed by atoms with Crippen LogP contribution in [0.5, 0.6) is 5.75 Å². The summed E-state index contributed by atoms with van der Waals surface area (Å²) in [5.41, 5.74) is 1.03. The molecule has 0 aliphatic carbocycles. The minimum atomic E-state index is -0.0974. The number of carbonyl (C=O) groups is 2. The van der Waals surface area contributed by atoms with Gasteiger partial charge in [-0.1, -0.05) is 12.1 Å². The molecule has 0 saturated carbocycles. The summed E-state index contributed by atoms with van der Waals surface area (Å²) in [5.74, 6) is 1.28. The summed E-state index contributed by atoms with van der Waals surface area (Å²) in [6, 6.07) is 7.70. The van der Waals surface area contributed by atoms with E-state index in [0.29, 0.717) is 5.75 Å². The predicted octanol–water partition coefficient (Wildman–Crippen LogP) is 1.04. The number of hydrogen-bond acceptors (Lipinski definition) is 5. The third-order valence-corrected chi connectivity index (χ3v) is 5.79. The number of methoxy groups -OCH3 is 1. The second-order valence-corrected chi connectivity index (χ2v) is 7.21. The molecule has 3 rings (SSSR count). The monoisotopic (exact) mass is 349 g/mol. The summed E-state index contributed by atoms with van der Waals surface area (Å²) < 4.78 is 5.18. The van der Waals surface area contributed by atoms with Crippen LogP contribution in [0, 0.1) is 0 Å². The van der Waals surface area contributed by atoms with Crippen molar-refractivity contribution in [1.29, 1.82) is 0 Å². The highest BCUT2D eigenvalue weighted by Gasteiger charge is 2.35. The van der Waals surface area contributed by atoms with E-state index in [1.54, 1.807) is 23.8 Å². The van der Waals surface area contributed by atoms with Crippen molar-refractivity contribution in [3.8, 4) is 5.75 Å². The average molecular weight is 349 g/mol. The maximum Gasteiger partial charge on any atom is 0.242 e. The van der Waals surface area contributed by atoms with E-state index in [-0.39, 0.29) is 23.7 Å². The Morgan fingerprint density at radius 2 is 1.88 bits per heavy atom. The van der Waals surface area contributed by atoms with Crippen LogP contribution in [-0.4, -0.2) is 79.1 Å². The molecule has 1 aromatic rings. The van der Waals surface area contributed by atoms with Crippen LogP contribution in [0.2, 0.25) is 0 Å². The lowest BCUT2D eigenvalue weighted by Crippen LogP contribution is -2.50. The standard InChI is InChI=1S/C17H23N3O3S/c1-18-7-9-19(10-8-18)15(21)11-20-16(22)12-24-17(20)13-3-5-14(23-2)6-4-13/h3-6,17H,7-12H2,1-2H3. The Morgan fingerprint density at radius 3 is 2.50 bits per heavy atom. The van der Waals surface area contributed by atoms with Gasteiger partial charge in [-0.25, -0.2) is 0 Å². The molecular formula is C17H23N3O3S. The number of ether oxygens (including phenoxy) is 1. The highest BCUT2D eigenvalue weighted by molar-refractivity contribution is 8.00. The van der Waals surface area contributed by atoms with Crippen LogP contribution in [0.25, 0.3) is 0 Å². The van der Waals surface area contributed by atoms with Crippen molar-refractivity contribution in [2.45, 2.75) is 5.37 Å². The summed E-state index contributed by atoms with van der Waals surface area (Å²) >= 11 is 1.57. The zero-order valence-corrected chi connectivity index (χ0v) is 14.9. The molecule has 1 unspecified atom stereocenters. The van der Waals surface area contributed by atoms with Crippen molar-refractivity contribution in [3.63, 3.8) is 0 Å². The normalized spacial score (nSPS) is 22.1. The fraction of sp³-hybridized carbons (Fsp3) is 0.529. The molecule has 0 N–H and O–H groups in total. The topological polar surface area (TPSA) is 53.1 Å². The average Bonchev–Trinajstić information content (AvgIpc) is 2.96. The van der Waals surface area contributed by atoms with Crippen molar-refractivity contribution in [2.75, 3.05) is 52.6 Å². The zero-order chi connectivity index (χ0) is 17.1. The molecule has 2 fully saturated rings. The number of benzene rings is 1. The molecule has 2 saturated heterocycles. The van der Waals surface area contributed by atoms with Gasteiger partial charge in [0.05, 0.1) is 12.9 Å². The van der Waals surface area contributed by atoms with Crippen molar-refractivity contribution in [1.82, 2.24) is 14.7 Å². The Labute approximate surface area is 146 Å². The first-order valence-corrected chi connectivity index (χ1v) is 9.14. The lowest BCUT2D eigenvalue weighted by Gasteiger charge is -2.34. The van der Waals surface area contributed by atoms with E-state index >= 15 is 0 Å². The van der Waals surface area contributed by atoms with E-state index in [9.17, 15) is 9.59 Å². The number of thioether (sulfide) groups is 1. The Balaban J connectivity index is 1.67. The Hall–Kier alpha value is -1.73. The molecule has 2 amide bonds. The fourth-order valence-electron chi connectivity index (χ4n) is 2.97. The SMILES string of the molecule is COc1ccc(C2SCC(=O)N2CC(=O)N2CCN(C)CC2)cc1. The van der Waals surface area contributed by atoms with Gasteiger partial charge in [-0.2, -0.15) is 0 Å². The van der Waals surface area contributed by atoms with Gasteiger partial charge in [0.25, 0.3) is 0 Å². The van der Waals surface area contributed by atoms with Gasteiger partial charge in [-0.3, -0.25) is 9.59 Å². The van der Waals surface area contributed by atoms with E-state index in [1.165, 1.54) is 0 Å². The number of rotatable bonds is 4. The minimum absolute atomic E-state index is 0.0308. The Bertz CT molecular complexity index is 600. The van der Waals surface area contributed by atoms with Crippen molar-refractivity contribution in [3.05, 3.63) is 29.8 Å². The smallest absolute Gasteiger partial charge is 0.242 e. The van der Waals surface area contributed by atoms with Gasteiger partial charge in [0.15, 0.2) is 0 Å². The molecule has 2 heterocycles. The molecule has 2 aliphatic heterocycles. The van der Waals surface area contributed by atoms with E-state index in [1.807, 2.05) is 29.2 Å². The number of carbonyl (C=O) groups excluding carboxylic acids is 2. The molecule has 1 aromatic carbocycles. The van der Waals surface area contributed by atoms with Gasteiger partial charge < -0.3 is 19.4 Å². The van der Waals surface area contributed by atoms with E-state index in [4.69, 9.17) is 4.74 Å². The summed E-state index contributed by atoms with van der Waals surface area (Å²) in [4.78, 5) is 30.6. The number of likely N-dealkylation sites (N-methyl/N-ethyl adjacent to an activating group) is 1. The number of piperazine rings is 1. The second-order valence-electron chi connectivity index (χ2n) is 6.14. The lowest BCUT2D eigenvalue weighted by atomic mass is 10.2. The van der Waals surface area contributed by atoms with E-state index in [0.717, 1.165) is 37.5 Å². The molecule has 1 atom stereocenters. The first kappa shape index (κ1) is 17.1. The Kier molecular flexibility index (Phi) is 5.30. The van der Waals surface area contributed by atoms with Crippen molar-refractivity contribution < 1.29 is 14.3 Å². The molecule has 7 heteroatoms. The molecule has 24 heavy (non-hydrogen) atoms. The second kappa shape index (κ2) is 7.44. The van der Waals surface area contributed by atoms with E-state index < -0.39 is 0 Å². The Morgan fingerprint density at radius 1 is 1.21 bits per heavy atom. The third kappa shape index (κ3) is 3.67. The van der Waals surface area contributed by atoms with Gasteiger partial charge in [0.1, 0.15) is 17.7 Å². The maximum atomic E-state index is 12.6. The quantitative estimate of drug-likeness (QED) is 0.813. The van der Waals surface area contributed by atoms with Gasteiger partial charge >= 0.3 is 0 Å². The van der Waals surface area contributed by atoms with Crippen molar-refractivity contribution >= 4 is 23.6 Å². The summed E-state index contributed by atoms with van der Waals surface area (Å²) in [6.45, 7) is 3.40. The predicted molar refractivity (Wildman–Crippen MR) is 94.0 cm³/mol. The van der Waals surface area contributed by atoms with Crippen LogP contribution in [0.15, 0.2) is 24.3 Å². The minimum Gasteiger partial charge on any atom is -0.497 e. The highest BCUT2D eigenvalue weighted by Crippen LogP contribution is 2.38. The van der Waals surface area contributed by atoms with Crippen LogP contribution in [0.4, 0.5) is 0 Å². The molecular weight excluding hydrogens is 326 g/mol. The molecule has 2 aliphatic rings. The summed E-state index contributed by atoms with van der Waals surface area (Å²) in [6.07, 6.45) is 0. The van der Waals surface area contributed by atoms with Crippen LogP contribution < -0.4 is 4.74 Å². The summed E-state index contributed by atoms with van der Waals surface area (Å²) in [5, 5.41) is -0.0974. The molecule has 0 aromatic heterocycles. The molecule has 6 nitrogen and oxygen atoms in total. The zero-order valence-electron chi connectivity index (χ0n) is 14.1. The van der Waals surface area contributed by atoms with Crippen LogP contribution in [-0.2, 0) is 9.59 Å². The van der Waals surface area contributed by atoms with Gasteiger partial charge in [0, 0.05) is 26.2 Å². The van der Waals surface area contributed by atoms with Crippen LogP contribution in [0.3, 0.4) is 0 Å². The largest absolute Gasteiger partial charge is 0.497 e. The first-order valence-electron chi connectivity index (χ1n) is 8.10. The third-order valence-electron chi connectivity index (χ3n) is 4.53. The molecule has 0 spiro atoms. The number of hydrogen-bond donors (Lipinski definition) is 0. The van der Waals surface area contributed by atoms with Gasteiger partial charge in [-0.15, -0.1) is 11.8 Å². The molecule has 130 valence electrons. The number of amides is 2. The summed E-state index contributed by atoms with van der Waals surface area (Å²) in [7, 11) is 3.69. The van der Waals surface area contributed by atoms with Crippen LogP contribution in [0.1, 0.15) is 10.9 Å². The molecule has 0 bridgehead atoms.